The zero-order chi connectivity index (χ0) is 22.1. The number of carbonyl (C=O) groups excluding carboxylic acids is 3. The van der Waals surface area contributed by atoms with Crippen molar-refractivity contribution < 1.29 is 27.7 Å². The maximum Gasteiger partial charge on any atom is 0.300 e. The van der Waals surface area contributed by atoms with Crippen LogP contribution in [0.3, 0.4) is 0 Å². The van der Waals surface area contributed by atoms with Crippen molar-refractivity contribution in [3.8, 4) is 0 Å². The molecule has 0 saturated carbocycles. The van der Waals surface area contributed by atoms with Crippen molar-refractivity contribution >= 4 is 50.6 Å². The van der Waals surface area contributed by atoms with E-state index in [1.807, 2.05) is 0 Å². The summed E-state index contributed by atoms with van der Waals surface area (Å²) in [6, 6.07) is 5.43. The van der Waals surface area contributed by atoms with Gasteiger partial charge < -0.3 is 0 Å². The van der Waals surface area contributed by atoms with E-state index >= 15 is 0 Å². The van der Waals surface area contributed by atoms with Crippen LogP contribution in [0.15, 0.2) is 29.2 Å². The van der Waals surface area contributed by atoms with Gasteiger partial charge >= 0.3 is 0 Å². The Balaban J connectivity index is 1.64. The molecule has 2 heterocycles. The van der Waals surface area contributed by atoms with E-state index in [9.17, 15) is 32.9 Å². The summed E-state index contributed by atoms with van der Waals surface area (Å²) in [7, 11) is -3.30. The van der Waals surface area contributed by atoms with E-state index in [1.165, 1.54) is 34.6 Å². The topological polar surface area (TPSA) is 138 Å². The molecule has 0 bridgehead atoms. The zero-order valence-electron chi connectivity index (χ0n) is 15.9. The predicted octanol–water partition coefficient (Wildman–Crippen LogP) is 0.735. The molecular formula is C17H18N4O7S2. The molecule has 1 aromatic carbocycles. The van der Waals surface area contributed by atoms with Gasteiger partial charge in [0.05, 0.1) is 22.6 Å². The van der Waals surface area contributed by atoms with Gasteiger partial charge in [0.25, 0.3) is 22.7 Å². The summed E-state index contributed by atoms with van der Waals surface area (Å²) in [5.41, 5.74) is 0.377. The van der Waals surface area contributed by atoms with E-state index in [1.54, 1.807) is 4.90 Å². The Bertz CT molecular complexity index is 1030. The van der Waals surface area contributed by atoms with Crippen LogP contribution < -0.4 is 0 Å². The van der Waals surface area contributed by atoms with Crippen LogP contribution in [0.1, 0.15) is 5.56 Å². The number of non-ortho nitro benzene ring substituents is 1. The van der Waals surface area contributed by atoms with Gasteiger partial charge in [0, 0.05) is 38.3 Å². The van der Waals surface area contributed by atoms with Crippen LogP contribution in [0.5, 0.6) is 0 Å². The molecule has 3 amide bonds. The summed E-state index contributed by atoms with van der Waals surface area (Å²) in [5.74, 6) is -1.43. The molecule has 0 radical (unpaired) electrons. The highest BCUT2D eigenvalue weighted by molar-refractivity contribution is 8.18. The third kappa shape index (κ3) is 4.92. The van der Waals surface area contributed by atoms with Crippen molar-refractivity contribution in [3.05, 3.63) is 44.8 Å². The summed E-state index contributed by atoms with van der Waals surface area (Å²) in [6.07, 6.45) is 2.51. The first-order valence-corrected chi connectivity index (χ1v) is 11.5. The van der Waals surface area contributed by atoms with E-state index < -0.39 is 32.0 Å². The van der Waals surface area contributed by atoms with E-state index in [2.05, 4.69) is 0 Å². The van der Waals surface area contributed by atoms with E-state index in [0.29, 0.717) is 35.3 Å². The molecule has 2 aliphatic rings. The van der Waals surface area contributed by atoms with Crippen molar-refractivity contribution in [2.24, 2.45) is 0 Å². The molecule has 0 unspecified atom stereocenters. The molecule has 2 fully saturated rings. The van der Waals surface area contributed by atoms with Crippen LogP contribution in [-0.2, 0) is 19.6 Å². The number of rotatable bonds is 5. The molecule has 3 rings (SSSR count). The number of carbonyl (C=O) groups is 3. The lowest BCUT2D eigenvalue weighted by Crippen LogP contribution is -2.51. The van der Waals surface area contributed by atoms with Crippen LogP contribution in [0.4, 0.5) is 10.5 Å². The highest BCUT2D eigenvalue weighted by atomic mass is 32.2. The number of nitro groups is 1. The third-order valence-corrected chi connectivity index (χ3v) is 6.78. The zero-order valence-corrected chi connectivity index (χ0v) is 17.5. The molecule has 30 heavy (non-hydrogen) atoms. The molecule has 0 atom stereocenters. The second-order valence-corrected chi connectivity index (χ2v) is 9.67. The van der Waals surface area contributed by atoms with Crippen LogP contribution in [-0.4, -0.2) is 83.5 Å². The van der Waals surface area contributed by atoms with E-state index in [0.717, 1.165) is 6.26 Å². The predicted molar refractivity (Wildman–Crippen MR) is 109 cm³/mol. The SMILES string of the molecule is CS(=O)(=O)N1CCN(CC(=O)N2C(=O)S/C(=C\c3ccc([N+](=O)[O-])cc3)C2=O)CC1. The van der Waals surface area contributed by atoms with Crippen LogP contribution in [0, 0.1) is 10.1 Å². The van der Waals surface area contributed by atoms with E-state index in [-0.39, 0.29) is 30.2 Å². The van der Waals surface area contributed by atoms with Gasteiger partial charge in [-0.15, -0.1) is 0 Å². The number of thioether (sulfide) groups is 1. The van der Waals surface area contributed by atoms with Gasteiger partial charge in [-0.25, -0.2) is 13.3 Å². The number of hydrogen-bond donors (Lipinski definition) is 0. The molecule has 0 spiro atoms. The molecule has 2 aliphatic heterocycles. The Morgan fingerprint density at radius 3 is 2.30 bits per heavy atom. The van der Waals surface area contributed by atoms with Crippen molar-refractivity contribution in [2.75, 3.05) is 39.0 Å². The standard InChI is InChI=1S/C17H18N4O7S2/c1-30(27,28)19-8-6-18(7-9-19)11-15(22)20-16(23)14(29-17(20)24)10-12-2-4-13(5-3-12)21(25)26/h2-5,10H,6-9,11H2,1H3/b14-10-. The van der Waals surface area contributed by atoms with Gasteiger partial charge in [0.1, 0.15) is 0 Å². The van der Waals surface area contributed by atoms with Gasteiger partial charge in [-0.05, 0) is 35.5 Å². The number of benzene rings is 1. The largest absolute Gasteiger partial charge is 0.300 e. The summed E-state index contributed by atoms with van der Waals surface area (Å²) in [4.78, 5) is 49.7. The molecule has 2 saturated heterocycles. The number of nitro benzene ring substituents is 1. The maximum absolute atomic E-state index is 12.5. The lowest BCUT2D eigenvalue weighted by molar-refractivity contribution is -0.384. The maximum atomic E-state index is 12.5. The minimum absolute atomic E-state index is 0.0455. The fourth-order valence-corrected chi connectivity index (χ4v) is 4.67. The summed E-state index contributed by atoms with van der Waals surface area (Å²) in [6.45, 7) is 0.907. The van der Waals surface area contributed by atoms with Crippen molar-refractivity contribution in [1.82, 2.24) is 14.1 Å². The first-order valence-electron chi connectivity index (χ1n) is 8.79. The fraction of sp³-hybridized carbons (Fsp3) is 0.353. The van der Waals surface area contributed by atoms with Gasteiger partial charge in [0.15, 0.2) is 0 Å². The minimum Gasteiger partial charge on any atom is -0.292 e. The number of sulfonamides is 1. The second-order valence-electron chi connectivity index (χ2n) is 6.70. The molecule has 0 N–H and O–H groups in total. The number of amides is 3. The summed E-state index contributed by atoms with van der Waals surface area (Å²) in [5, 5.41) is 9.99. The molecule has 160 valence electrons. The smallest absolute Gasteiger partial charge is 0.292 e. The molecular weight excluding hydrogens is 436 g/mol. The van der Waals surface area contributed by atoms with Crippen LogP contribution in [0.25, 0.3) is 6.08 Å². The third-order valence-electron chi connectivity index (χ3n) is 4.60. The van der Waals surface area contributed by atoms with Crippen LogP contribution >= 0.6 is 11.8 Å². The normalized spacial score (nSPS) is 20.2. The van der Waals surface area contributed by atoms with Gasteiger partial charge in [-0.3, -0.25) is 29.4 Å². The molecule has 13 heteroatoms. The van der Waals surface area contributed by atoms with Gasteiger partial charge in [-0.2, -0.15) is 4.31 Å². The Labute approximate surface area is 176 Å². The Kier molecular flexibility index (Phi) is 6.36. The monoisotopic (exact) mass is 454 g/mol. The molecule has 1 aromatic rings. The Hall–Kier alpha value is -2.61. The number of imide groups is 3. The fourth-order valence-electron chi connectivity index (χ4n) is 3.01. The summed E-state index contributed by atoms with van der Waals surface area (Å²) < 4.78 is 24.4. The lowest BCUT2D eigenvalue weighted by atomic mass is 10.2. The number of hydrogen-bond acceptors (Lipinski definition) is 9. The minimum atomic E-state index is -3.30. The van der Waals surface area contributed by atoms with E-state index in [4.69, 9.17) is 0 Å². The van der Waals surface area contributed by atoms with Crippen molar-refractivity contribution in [2.45, 2.75) is 0 Å². The summed E-state index contributed by atoms with van der Waals surface area (Å²) >= 11 is 0.619. The van der Waals surface area contributed by atoms with Crippen molar-refractivity contribution in [3.63, 3.8) is 0 Å². The average Bonchev–Trinajstić information content (AvgIpc) is 2.95. The number of piperazine rings is 1. The number of nitrogens with zero attached hydrogens (tertiary/aromatic N) is 4. The lowest BCUT2D eigenvalue weighted by Gasteiger charge is -2.33. The second kappa shape index (κ2) is 8.63. The molecule has 11 nitrogen and oxygen atoms in total. The first kappa shape index (κ1) is 22.1. The van der Waals surface area contributed by atoms with Crippen molar-refractivity contribution in [1.29, 1.82) is 0 Å². The molecule has 0 aromatic heterocycles. The van der Waals surface area contributed by atoms with Gasteiger partial charge in [-0.1, -0.05) is 0 Å². The highest BCUT2D eigenvalue weighted by Crippen LogP contribution is 2.32. The highest BCUT2D eigenvalue weighted by Gasteiger charge is 2.40. The molecule has 0 aliphatic carbocycles. The Morgan fingerprint density at radius 1 is 1.17 bits per heavy atom. The first-order chi connectivity index (χ1) is 14.1. The van der Waals surface area contributed by atoms with Crippen LogP contribution in [0.2, 0.25) is 0 Å². The Morgan fingerprint density at radius 2 is 1.77 bits per heavy atom. The average molecular weight is 454 g/mol. The van der Waals surface area contributed by atoms with Gasteiger partial charge in [0.2, 0.25) is 10.0 Å². The quantitative estimate of drug-likeness (QED) is 0.358.